The van der Waals surface area contributed by atoms with Crippen LogP contribution in [0.1, 0.15) is 11.1 Å². The van der Waals surface area contributed by atoms with E-state index < -0.39 is 11.8 Å². The van der Waals surface area contributed by atoms with E-state index in [4.69, 9.17) is 35.4 Å². The Balaban J connectivity index is 1.44. The fourth-order valence-corrected chi connectivity index (χ4v) is 5.76. The van der Waals surface area contributed by atoms with Crippen LogP contribution in [-0.2, 0) is 20.9 Å². The van der Waals surface area contributed by atoms with Crippen LogP contribution in [0.25, 0.3) is 5.57 Å². The molecule has 1 N–H and O–H groups in total. The molecule has 2 aliphatic rings. The highest BCUT2D eigenvalue weighted by Crippen LogP contribution is 2.45. The number of amides is 3. The van der Waals surface area contributed by atoms with Crippen LogP contribution in [-0.4, -0.2) is 33.5 Å². The first-order chi connectivity index (χ1) is 17.3. The molecule has 0 spiro atoms. The lowest BCUT2D eigenvalue weighted by atomic mass is 10.1. The first-order valence-electron chi connectivity index (χ1n) is 10.8. The number of thiocarbonyl (C=S) groups is 1. The molecule has 0 radical (unpaired) electrons. The molecule has 0 bridgehead atoms. The maximum Gasteiger partial charge on any atom is 0.267 e. The third-order valence-corrected chi connectivity index (χ3v) is 7.75. The zero-order valence-electron chi connectivity index (χ0n) is 18.5. The molecule has 0 aliphatic carbocycles. The summed E-state index contributed by atoms with van der Waals surface area (Å²) in [5.41, 5.74) is 2.64. The van der Waals surface area contributed by atoms with E-state index in [0.29, 0.717) is 31.3 Å². The Kier molecular flexibility index (Phi) is 6.85. The number of thioether (sulfide) groups is 1. The van der Waals surface area contributed by atoms with Crippen LogP contribution in [0.3, 0.4) is 0 Å². The summed E-state index contributed by atoms with van der Waals surface area (Å²) in [4.78, 5) is 42.8. The molecular formula is C26H17Cl2N3O3S2. The van der Waals surface area contributed by atoms with Gasteiger partial charge in [0.25, 0.3) is 11.8 Å². The van der Waals surface area contributed by atoms with Crippen LogP contribution >= 0.6 is 47.2 Å². The molecule has 3 aromatic carbocycles. The molecule has 0 saturated carbocycles. The van der Waals surface area contributed by atoms with Crippen molar-refractivity contribution < 1.29 is 14.4 Å². The predicted molar refractivity (Wildman–Crippen MR) is 148 cm³/mol. The third kappa shape index (κ3) is 4.65. The van der Waals surface area contributed by atoms with Crippen molar-refractivity contribution in [2.75, 3.05) is 16.8 Å². The topological polar surface area (TPSA) is 69.7 Å². The fraction of sp³-hybridized carbons (Fsp3) is 0.0769. The van der Waals surface area contributed by atoms with Gasteiger partial charge >= 0.3 is 0 Å². The molecule has 2 aliphatic heterocycles. The van der Waals surface area contributed by atoms with Gasteiger partial charge in [-0.3, -0.25) is 24.2 Å². The number of carbonyl (C=O) groups excluding carboxylic acids is 3. The molecule has 5 rings (SSSR count). The minimum absolute atomic E-state index is 0.197. The standard InChI is InChI=1S/C26H17Cl2N3O3S2/c27-16-7-5-8-17(12-16)29-21(32)14-30-20-11-4-2-9-18(20)22(24(30)33)23-25(34)31(26(35)36-23)13-15-6-1-3-10-19(15)28/h1-12H,13-14H2,(H,29,32)/b23-22-. The maximum atomic E-state index is 13.6. The quantitative estimate of drug-likeness (QED) is 0.321. The highest BCUT2D eigenvalue weighted by molar-refractivity contribution is 8.26. The van der Waals surface area contributed by atoms with E-state index >= 15 is 0 Å². The van der Waals surface area contributed by atoms with Crippen LogP contribution < -0.4 is 10.2 Å². The van der Waals surface area contributed by atoms with Gasteiger partial charge in [0, 0.05) is 21.3 Å². The normalized spacial score (nSPS) is 17.1. The second-order valence-electron chi connectivity index (χ2n) is 8.02. The summed E-state index contributed by atoms with van der Waals surface area (Å²) >= 11 is 18.8. The molecule has 2 heterocycles. The van der Waals surface area contributed by atoms with Gasteiger partial charge in [-0.25, -0.2) is 0 Å². The SMILES string of the molecule is O=C(CN1C(=O)/C(=C2\SC(=S)N(Cc3ccccc3Cl)C2=O)c2ccccc21)Nc1cccc(Cl)c1. The lowest BCUT2D eigenvalue weighted by Gasteiger charge is -2.17. The lowest BCUT2D eigenvalue weighted by molar-refractivity contribution is -0.122. The molecule has 0 aromatic heterocycles. The van der Waals surface area contributed by atoms with Crippen molar-refractivity contribution in [3.8, 4) is 0 Å². The molecule has 0 atom stereocenters. The Morgan fingerprint density at radius 2 is 1.67 bits per heavy atom. The molecule has 3 amide bonds. The van der Waals surface area contributed by atoms with Crippen molar-refractivity contribution in [2.45, 2.75) is 6.54 Å². The monoisotopic (exact) mass is 553 g/mol. The Hall–Kier alpha value is -3.17. The van der Waals surface area contributed by atoms with Crippen LogP contribution in [0, 0.1) is 0 Å². The Morgan fingerprint density at radius 1 is 0.917 bits per heavy atom. The number of halogens is 2. The van der Waals surface area contributed by atoms with Crippen LogP contribution in [0.5, 0.6) is 0 Å². The minimum Gasteiger partial charge on any atom is -0.324 e. The largest absolute Gasteiger partial charge is 0.324 e. The molecule has 6 nitrogen and oxygen atoms in total. The van der Waals surface area contributed by atoms with Gasteiger partial charge in [0.1, 0.15) is 10.9 Å². The van der Waals surface area contributed by atoms with Crippen LogP contribution in [0.4, 0.5) is 11.4 Å². The fourth-order valence-electron chi connectivity index (χ4n) is 4.05. The summed E-state index contributed by atoms with van der Waals surface area (Å²) in [5, 5.41) is 3.76. The van der Waals surface area contributed by atoms with Gasteiger partial charge in [0.15, 0.2) is 0 Å². The molecule has 1 saturated heterocycles. The summed E-state index contributed by atoms with van der Waals surface area (Å²) in [7, 11) is 0. The smallest absolute Gasteiger partial charge is 0.267 e. The average molecular weight is 554 g/mol. The molecule has 3 aromatic rings. The van der Waals surface area contributed by atoms with Gasteiger partial charge in [-0.2, -0.15) is 0 Å². The number of hydrogen-bond acceptors (Lipinski definition) is 5. The van der Waals surface area contributed by atoms with Crippen molar-refractivity contribution >= 4 is 86.2 Å². The second kappa shape index (κ2) is 10.1. The van der Waals surface area contributed by atoms with E-state index in [1.54, 1.807) is 54.6 Å². The molecule has 180 valence electrons. The summed E-state index contributed by atoms with van der Waals surface area (Å²) < 4.78 is 0.338. The van der Waals surface area contributed by atoms with Gasteiger partial charge in [-0.15, -0.1) is 0 Å². The van der Waals surface area contributed by atoms with Gasteiger partial charge < -0.3 is 5.32 Å². The van der Waals surface area contributed by atoms with E-state index in [1.807, 2.05) is 18.2 Å². The molecule has 36 heavy (non-hydrogen) atoms. The Labute approximate surface area is 226 Å². The van der Waals surface area contributed by atoms with Gasteiger partial charge in [0.2, 0.25) is 5.91 Å². The van der Waals surface area contributed by atoms with Crippen molar-refractivity contribution in [3.63, 3.8) is 0 Å². The van der Waals surface area contributed by atoms with E-state index in [9.17, 15) is 14.4 Å². The number of rotatable bonds is 5. The van der Waals surface area contributed by atoms with Gasteiger partial charge in [-0.1, -0.05) is 89.6 Å². The Bertz CT molecular complexity index is 1470. The number of anilines is 2. The number of nitrogens with one attached hydrogen (secondary N) is 1. The number of fused-ring (bicyclic) bond motifs is 1. The molecule has 1 fully saturated rings. The summed E-state index contributed by atoms with van der Waals surface area (Å²) in [6, 6.07) is 21.0. The van der Waals surface area contributed by atoms with Crippen molar-refractivity contribution in [1.82, 2.24) is 4.90 Å². The number of benzene rings is 3. The number of para-hydroxylation sites is 1. The van der Waals surface area contributed by atoms with E-state index in [1.165, 1.54) is 9.80 Å². The summed E-state index contributed by atoms with van der Waals surface area (Å²) in [6.45, 7) is -0.0332. The third-order valence-electron chi connectivity index (χ3n) is 5.70. The summed E-state index contributed by atoms with van der Waals surface area (Å²) in [6.07, 6.45) is 0. The van der Waals surface area contributed by atoms with E-state index in [2.05, 4.69) is 5.32 Å². The highest BCUT2D eigenvalue weighted by atomic mass is 35.5. The van der Waals surface area contributed by atoms with Gasteiger partial charge in [-0.05, 0) is 35.9 Å². The molecule has 0 unspecified atom stereocenters. The first-order valence-corrected chi connectivity index (χ1v) is 12.8. The van der Waals surface area contributed by atoms with Crippen molar-refractivity contribution in [3.05, 3.63) is 98.9 Å². The van der Waals surface area contributed by atoms with E-state index in [0.717, 1.165) is 17.3 Å². The maximum absolute atomic E-state index is 13.6. The highest BCUT2D eigenvalue weighted by Gasteiger charge is 2.42. The number of carbonyl (C=O) groups is 3. The summed E-state index contributed by atoms with van der Waals surface area (Å²) in [5.74, 6) is -1.20. The van der Waals surface area contributed by atoms with Crippen molar-refractivity contribution in [1.29, 1.82) is 0 Å². The number of nitrogens with zero attached hydrogens (tertiary/aromatic N) is 2. The van der Waals surface area contributed by atoms with E-state index in [-0.39, 0.29) is 29.5 Å². The zero-order chi connectivity index (χ0) is 25.4. The Morgan fingerprint density at radius 3 is 2.44 bits per heavy atom. The predicted octanol–water partition coefficient (Wildman–Crippen LogP) is 5.75. The average Bonchev–Trinajstić information content (AvgIpc) is 3.27. The minimum atomic E-state index is -0.435. The molecule has 10 heteroatoms. The van der Waals surface area contributed by atoms with Crippen LogP contribution in [0.2, 0.25) is 10.0 Å². The van der Waals surface area contributed by atoms with Crippen LogP contribution in [0.15, 0.2) is 77.7 Å². The first kappa shape index (κ1) is 24.5. The number of hydrogen-bond donors (Lipinski definition) is 1. The lowest BCUT2D eigenvalue weighted by Crippen LogP contribution is -2.35. The van der Waals surface area contributed by atoms with Crippen molar-refractivity contribution in [2.24, 2.45) is 0 Å². The van der Waals surface area contributed by atoms with Gasteiger partial charge in [0.05, 0.1) is 22.7 Å². The molecular weight excluding hydrogens is 537 g/mol. The second-order valence-corrected chi connectivity index (χ2v) is 10.5. The zero-order valence-corrected chi connectivity index (χ0v) is 21.7.